The van der Waals surface area contributed by atoms with Crippen LogP contribution in [0.1, 0.15) is 48.8 Å². The number of hydrogen-bond acceptors (Lipinski definition) is 3. The maximum atomic E-state index is 13.6. The van der Waals surface area contributed by atoms with E-state index in [0.29, 0.717) is 6.54 Å². The minimum absolute atomic E-state index is 0.00113. The van der Waals surface area contributed by atoms with Gasteiger partial charge in [-0.25, -0.2) is 4.39 Å². The van der Waals surface area contributed by atoms with Gasteiger partial charge in [0.25, 0.3) is 0 Å². The Kier molecular flexibility index (Phi) is 6.14. The van der Waals surface area contributed by atoms with E-state index < -0.39 is 0 Å². The molecule has 0 amide bonds. The molecule has 27 heavy (non-hydrogen) atoms. The molecule has 5 nitrogen and oxygen atoms in total. The standard InChI is InChI=1S/C21H29FN4O/c1-4-23-20(24-12-6-9-19-15(2)26-27-16(19)3)25-14-21(10-11-21)17-7-5-8-18(22)13-17/h5,7-8,13H,4,6,9-12,14H2,1-3H3,(H2,23,24,25). The van der Waals surface area contributed by atoms with Crippen LogP contribution in [0.2, 0.25) is 0 Å². The molecule has 1 aliphatic carbocycles. The molecule has 2 aromatic rings. The minimum Gasteiger partial charge on any atom is -0.361 e. The Morgan fingerprint density at radius 3 is 2.74 bits per heavy atom. The SMILES string of the molecule is CCNC(=NCC1(c2cccc(F)c2)CC1)NCCCc1c(C)noc1C. The summed E-state index contributed by atoms with van der Waals surface area (Å²) in [7, 11) is 0. The maximum absolute atomic E-state index is 13.6. The lowest BCUT2D eigenvalue weighted by atomic mass is 9.96. The van der Waals surface area contributed by atoms with Gasteiger partial charge in [-0.05, 0) is 64.2 Å². The molecule has 0 spiro atoms. The molecule has 1 aromatic carbocycles. The van der Waals surface area contributed by atoms with Crippen LogP contribution in [0.5, 0.6) is 0 Å². The van der Waals surface area contributed by atoms with Crippen LogP contribution in [0.15, 0.2) is 33.8 Å². The van der Waals surface area contributed by atoms with Gasteiger partial charge in [0.15, 0.2) is 5.96 Å². The lowest BCUT2D eigenvalue weighted by Gasteiger charge is -2.16. The maximum Gasteiger partial charge on any atom is 0.191 e. The summed E-state index contributed by atoms with van der Waals surface area (Å²) >= 11 is 0. The highest BCUT2D eigenvalue weighted by Gasteiger charge is 2.44. The number of aryl methyl sites for hydroxylation is 2. The Balaban J connectivity index is 1.54. The summed E-state index contributed by atoms with van der Waals surface area (Å²) in [6.07, 6.45) is 4.03. The molecule has 146 valence electrons. The zero-order chi connectivity index (χ0) is 19.3. The number of aliphatic imine (C=N–C) groups is 1. The summed E-state index contributed by atoms with van der Waals surface area (Å²) in [6.45, 7) is 8.30. The molecule has 1 aromatic heterocycles. The van der Waals surface area contributed by atoms with Crippen molar-refractivity contribution in [3.05, 3.63) is 52.7 Å². The first-order valence-electron chi connectivity index (χ1n) is 9.74. The van der Waals surface area contributed by atoms with E-state index in [-0.39, 0.29) is 11.2 Å². The molecule has 1 heterocycles. The largest absolute Gasteiger partial charge is 0.361 e. The van der Waals surface area contributed by atoms with Crippen LogP contribution in [-0.2, 0) is 11.8 Å². The summed E-state index contributed by atoms with van der Waals surface area (Å²) in [4.78, 5) is 4.76. The van der Waals surface area contributed by atoms with Gasteiger partial charge in [-0.2, -0.15) is 0 Å². The number of hydrogen-bond donors (Lipinski definition) is 2. The number of aromatic nitrogens is 1. The highest BCUT2D eigenvalue weighted by Crippen LogP contribution is 2.48. The first-order valence-corrected chi connectivity index (χ1v) is 9.74. The Bertz CT molecular complexity index is 776. The quantitative estimate of drug-likeness (QED) is 0.422. The second kappa shape index (κ2) is 8.55. The predicted octanol–water partition coefficient (Wildman–Crippen LogP) is 3.65. The molecular weight excluding hydrogens is 343 g/mol. The molecular formula is C21H29FN4O. The van der Waals surface area contributed by atoms with Crippen molar-refractivity contribution in [2.45, 2.75) is 51.9 Å². The smallest absolute Gasteiger partial charge is 0.191 e. The number of rotatable bonds is 8. The van der Waals surface area contributed by atoms with Crippen molar-refractivity contribution in [3.63, 3.8) is 0 Å². The molecule has 1 aliphatic rings. The third-order valence-electron chi connectivity index (χ3n) is 5.25. The molecule has 6 heteroatoms. The first kappa shape index (κ1) is 19.4. The van der Waals surface area contributed by atoms with Crippen molar-refractivity contribution in [1.29, 1.82) is 0 Å². The van der Waals surface area contributed by atoms with E-state index in [9.17, 15) is 4.39 Å². The van der Waals surface area contributed by atoms with Gasteiger partial charge in [0, 0.05) is 24.1 Å². The van der Waals surface area contributed by atoms with E-state index in [0.717, 1.165) is 61.7 Å². The number of halogens is 1. The predicted molar refractivity (Wildman–Crippen MR) is 106 cm³/mol. The van der Waals surface area contributed by atoms with Crippen molar-refractivity contribution >= 4 is 5.96 Å². The van der Waals surface area contributed by atoms with Crippen molar-refractivity contribution in [2.75, 3.05) is 19.6 Å². The molecule has 2 N–H and O–H groups in total. The van der Waals surface area contributed by atoms with Gasteiger partial charge in [-0.15, -0.1) is 0 Å². The number of benzene rings is 1. The van der Waals surface area contributed by atoms with Crippen molar-refractivity contribution in [2.24, 2.45) is 4.99 Å². The fourth-order valence-corrected chi connectivity index (χ4v) is 3.41. The van der Waals surface area contributed by atoms with E-state index in [1.54, 1.807) is 12.1 Å². The average molecular weight is 372 g/mol. The Morgan fingerprint density at radius 2 is 2.11 bits per heavy atom. The van der Waals surface area contributed by atoms with Gasteiger partial charge < -0.3 is 15.2 Å². The molecule has 0 radical (unpaired) electrons. The zero-order valence-electron chi connectivity index (χ0n) is 16.4. The van der Waals surface area contributed by atoms with E-state index in [2.05, 4.69) is 22.7 Å². The molecule has 0 atom stereocenters. The van der Waals surface area contributed by atoms with Crippen LogP contribution in [0.3, 0.4) is 0 Å². The molecule has 0 bridgehead atoms. The second-order valence-corrected chi connectivity index (χ2v) is 7.32. The fraction of sp³-hybridized carbons (Fsp3) is 0.524. The third kappa shape index (κ3) is 4.87. The minimum atomic E-state index is -0.174. The summed E-state index contributed by atoms with van der Waals surface area (Å²) in [5.41, 5.74) is 3.22. The van der Waals surface area contributed by atoms with E-state index in [1.165, 1.54) is 11.6 Å². The van der Waals surface area contributed by atoms with Crippen LogP contribution < -0.4 is 10.6 Å². The topological polar surface area (TPSA) is 62.5 Å². The lowest BCUT2D eigenvalue weighted by Crippen LogP contribution is -2.38. The van der Waals surface area contributed by atoms with Crippen LogP contribution in [0, 0.1) is 19.7 Å². The van der Waals surface area contributed by atoms with Crippen LogP contribution in [0.25, 0.3) is 0 Å². The summed E-state index contributed by atoms with van der Waals surface area (Å²) in [6, 6.07) is 6.93. The average Bonchev–Trinajstić information content (AvgIpc) is 3.38. The van der Waals surface area contributed by atoms with Gasteiger partial charge in [0.05, 0.1) is 12.2 Å². The Labute approximate surface area is 160 Å². The number of nitrogens with zero attached hydrogens (tertiary/aromatic N) is 2. The van der Waals surface area contributed by atoms with Gasteiger partial charge in [-0.1, -0.05) is 17.3 Å². The number of nitrogens with one attached hydrogen (secondary N) is 2. The van der Waals surface area contributed by atoms with E-state index >= 15 is 0 Å². The molecule has 1 saturated carbocycles. The van der Waals surface area contributed by atoms with Gasteiger partial charge in [0.1, 0.15) is 11.6 Å². The zero-order valence-corrected chi connectivity index (χ0v) is 16.4. The summed E-state index contributed by atoms with van der Waals surface area (Å²) in [5.74, 6) is 1.55. The second-order valence-electron chi connectivity index (χ2n) is 7.32. The molecule has 0 unspecified atom stereocenters. The third-order valence-corrected chi connectivity index (χ3v) is 5.25. The summed E-state index contributed by atoms with van der Waals surface area (Å²) < 4.78 is 18.8. The van der Waals surface area contributed by atoms with Crippen LogP contribution >= 0.6 is 0 Å². The van der Waals surface area contributed by atoms with Gasteiger partial charge in [0.2, 0.25) is 0 Å². The Morgan fingerprint density at radius 1 is 1.30 bits per heavy atom. The van der Waals surface area contributed by atoms with Crippen LogP contribution in [0.4, 0.5) is 4.39 Å². The first-order chi connectivity index (χ1) is 13.0. The van der Waals surface area contributed by atoms with Crippen molar-refractivity contribution in [1.82, 2.24) is 15.8 Å². The van der Waals surface area contributed by atoms with Crippen molar-refractivity contribution < 1.29 is 8.91 Å². The van der Waals surface area contributed by atoms with Crippen LogP contribution in [-0.4, -0.2) is 30.8 Å². The molecule has 3 rings (SSSR count). The van der Waals surface area contributed by atoms with Crippen molar-refractivity contribution in [3.8, 4) is 0 Å². The molecule has 1 fully saturated rings. The monoisotopic (exact) mass is 372 g/mol. The summed E-state index contributed by atoms with van der Waals surface area (Å²) in [5, 5.41) is 10.7. The van der Waals surface area contributed by atoms with E-state index in [4.69, 9.17) is 9.52 Å². The normalized spacial score (nSPS) is 15.6. The highest BCUT2D eigenvalue weighted by molar-refractivity contribution is 5.79. The number of guanidine groups is 1. The highest BCUT2D eigenvalue weighted by atomic mass is 19.1. The molecule has 0 saturated heterocycles. The van der Waals surface area contributed by atoms with E-state index in [1.807, 2.05) is 19.9 Å². The lowest BCUT2D eigenvalue weighted by molar-refractivity contribution is 0.392. The Hall–Kier alpha value is -2.37. The fourth-order valence-electron chi connectivity index (χ4n) is 3.41. The van der Waals surface area contributed by atoms with Gasteiger partial charge in [-0.3, -0.25) is 4.99 Å². The molecule has 0 aliphatic heterocycles. The van der Waals surface area contributed by atoms with Gasteiger partial charge >= 0.3 is 0 Å².